The minimum atomic E-state index is 0. The average Bonchev–Trinajstić information content (AvgIpc) is 2.99. The van der Waals surface area contributed by atoms with Gasteiger partial charge in [-0.2, -0.15) is 0 Å². The van der Waals surface area contributed by atoms with Gasteiger partial charge in [0.15, 0.2) is 0 Å². The first kappa shape index (κ1) is 31.3. The first-order chi connectivity index (χ1) is 17.9. The maximum atomic E-state index is 4.70. The van der Waals surface area contributed by atoms with E-state index < -0.39 is 0 Å². The van der Waals surface area contributed by atoms with E-state index in [1.165, 1.54) is 0 Å². The molecule has 0 fully saturated rings. The molecule has 0 N–H and O–H groups in total. The first-order valence-electron chi connectivity index (χ1n) is 11.5. The van der Waals surface area contributed by atoms with Gasteiger partial charge in [-0.3, -0.25) is 19.9 Å². The zero-order valence-electron chi connectivity index (χ0n) is 20.5. The summed E-state index contributed by atoms with van der Waals surface area (Å²) in [6.07, 6.45) is 7.07. The van der Waals surface area contributed by atoms with Crippen LogP contribution in [0.5, 0.6) is 0 Å². The van der Waals surface area contributed by atoms with Crippen LogP contribution in [0.15, 0.2) is 134 Å². The second-order valence-corrected chi connectivity index (χ2v) is 7.68. The predicted octanol–water partition coefficient (Wildman–Crippen LogP) is 0.417. The van der Waals surface area contributed by atoms with Crippen molar-refractivity contribution in [3.05, 3.63) is 134 Å². The van der Waals surface area contributed by atoms with E-state index in [1.54, 1.807) is 24.8 Å². The molecule has 6 aromatic heterocycles. The van der Waals surface area contributed by atoms with Crippen molar-refractivity contribution < 1.29 is 44.3 Å². The Morgan fingerprint density at radius 2 is 0.513 bits per heavy atom. The smallest absolute Gasteiger partial charge is 0.0894 e. The summed E-state index contributed by atoms with van der Waals surface area (Å²) in [4.78, 5) is 26.5. The van der Waals surface area contributed by atoms with E-state index in [1.807, 2.05) is 109 Å². The Morgan fingerprint density at radius 3 is 0.769 bits per heavy atom. The van der Waals surface area contributed by atoms with Crippen LogP contribution in [-0.2, 0) is 19.5 Å². The fourth-order valence-electron chi connectivity index (χ4n) is 3.50. The third kappa shape index (κ3) is 8.55. The molecule has 0 atom stereocenters. The van der Waals surface area contributed by atoms with Crippen LogP contribution in [-0.4, -0.2) is 29.9 Å². The standard InChI is InChI=1S/C20H14N4.C10H8N2.2ClH.Ru/c1-3-13-21-15(7-1)17-9-5-11-19(23-17)20-12-6-10-18(24-20)16-8-2-4-14-22-16;1-3-7-11-9(5-1)10-6-2-4-8-12-10;;;/h1-14H;1-8H;2*1H;/p-2. The Hall–Kier alpha value is -3.90. The monoisotopic (exact) mass is 638 g/mol. The fraction of sp³-hybridized carbons (Fsp3) is 0. The summed E-state index contributed by atoms with van der Waals surface area (Å²) >= 11 is 0. The predicted molar refractivity (Wildman–Crippen MR) is 141 cm³/mol. The molecular weight excluding hydrogens is 616 g/mol. The van der Waals surface area contributed by atoms with E-state index in [0.717, 1.165) is 45.6 Å². The van der Waals surface area contributed by atoms with Gasteiger partial charge in [-0.05, 0) is 72.8 Å². The van der Waals surface area contributed by atoms with Crippen molar-refractivity contribution in [2.45, 2.75) is 0 Å². The van der Waals surface area contributed by atoms with Crippen LogP contribution >= 0.6 is 0 Å². The molecule has 0 unspecified atom stereocenters. The summed E-state index contributed by atoms with van der Waals surface area (Å²) in [6.45, 7) is 0. The molecule has 0 aromatic carbocycles. The molecule has 6 heterocycles. The van der Waals surface area contributed by atoms with Crippen molar-refractivity contribution in [2.75, 3.05) is 0 Å². The van der Waals surface area contributed by atoms with Crippen molar-refractivity contribution in [1.29, 1.82) is 0 Å². The molecule has 0 spiro atoms. The maximum Gasteiger partial charge on any atom is 0.0894 e. The summed E-state index contributed by atoms with van der Waals surface area (Å²) in [6, 6.07) is 35.0. The van der Waals surface area contributed by atoms with Crippen molar-refractivity contribution in [3.63, 3.8) is 0 Å². The van der Waals surface area contributed by atoms with Gasteiger partial charge in [-0.1, -0.05) is 36.4 Å². The van der Waals surface area contributed by atoms with Gasteiger partial charge < -0.3 is 24.8 Å². The van der Waals surface area contributed by atoms with Crippen molar-refractivity contribution in [2.24, 2.45) is 0 Å². The van der Waals surface area contributed by atoms with Crippen LogP contribution in [0.25, 0.3) is 45.6 Å². The number of hydrogen-bond acceptors (Lipinski definition) is 6. The molecular formula is C30H22Cl2N6Ru-2. The molecule has 0 aliphatic heterocycles. The zero-order valence-corrected chi connectivity index (χ0v) is 23.7. The number of halogens is 2. The summed E-state index contributed by atoms with van der Waals surface area (Å²) in [5.41, 5.74) is 6.82. The Morgan fingerprint density at radius 1 is 0.282 bits per heavy atom. The molecule has 196 valence electrons. The molecule has 0 saturated carbocycles. The molecule has 39 heavy (non-hydrogen) atoms. The summed E-state index contributed by atoms with van der Waals surface area (Å²) in [7, 11) is 0. The zero-order chi connectivity index (χ0) is 24.4. The van der Waals surface area contributed by atoms with Crippen LogP contribution in [0.1, 0.15) is 0 Å². The SMILES string of the molecule is [Cl-].[Cl-].[Ru].c1ccc(-c2cccc(-c3cccc(-c4ccccn4)n3)n2)nc1.c1ccc(-c2ccccn2)nc1. The van der Waals surface area contributed by atoms with Gasteiger partial charge in [0.05, 0.1) is 45.6 Å². The summed E-state index contributed by atoms with van der Waals surface area (Å²) < 4.78 is 0. The van der Waals surface area contributed by atoms with E-state index in [9.17, 15) is 0 Å². The maximum absolute atomic E-state index is 4.70. The van der Waals surface area contributed by atoms with Gasteiger partial charge in [0, 0.05) is 44.3 Å². The molecule has 6 rings (SSSR count). The van der Waals surface area contributed by atoms with Crippen LogP contribution < -0.4 is 24.8 Å². The molecule has 9 heteroatoms. The minimum Gasteiger partial charge on any atom is -1.00 e. The average molecular weight is 639 g/mol. The molecule has 6 aromatic rings. The molecule has 0 bridgehead atoms. The molecule has 0 aliphatic rings. The van der Waals surface area contributed by atoms with Gasteiger partial charge >= 0.3 is 0 Å². The van der Waals surface area contributed by atoms with E-state index in [4.69, 9.17) is 9.97 Å². The van der Waals surface area contributed by atoms with Gasteiger partial charge in [-0.25, -0.2) is 9.97 Å². The van der Waals surface area contributed by atoms with Crippen molar-refractivity contribution >= 4 is 0 Å². The number of nitrogens with zero attached hydrogens (tertiary/aromatic N) is 6. The van der Waals surface area contributed by atoms with E-state index in [2.05, 4.69) is 19.9 Å². The Labute approximate surface area is 252 Å². The van der Waals surface area contributed by atoms with Crippen molar-refractivity contribution in [1.82, 2.24) is 29.9 Å². The normalized spacial score (nSPS) is 9.44. The van der Waals surface area contributed by atoms with Crippen LogP contribution in [0.2, 0.25) is 0 Å². The third-order valence-corrected chi connectivity index (χ3v) is 5.21. The second-order valence-electron chi connectivity index (χ2n) is 7.68. The van der Waals surface area contributed by atoms with Crippen molar-refractivity contribution in [3.8, 4) is 45.6 Å². The Bertz CT molecular complexity index is 1410. The Kier molecular flexibility index (Phi) is 13.0. The number of hydrogen-bond donors (Lipinski definition) is 0. The molecule has 0 amide bonds. The van der Waals surface area contributed by atoms with E-state index in [-0.39, 0.29) is 44.3 Å². The summed E-state index contributed by atoms with van der Waals surface area (Å²) in [5.74, 6) is 0. The van der Waals surface area contributed by atoms with Gasteiger partial charge in [-0.15, -0.1) is 0 Å². The second kappa shape index (κ2) is 16.2. The topological polar surface area (TPSA) is 77.3 Å². The Balaban J connectivity index is 0.000000304. The first-order valence-corrected chi connectivity index (χ1v) is 11.5. The van der Waals surface area contributed by atoms with E-state index >= 15 is 0 Å². The molecule has 6 nitrogen and oxygen atoms in total. The van der Waals surface area contributed by atoms with Gasteiger partial charge in [0.1, 0.15) is 0 Å². The van der Waals surface area contributed by atoms with Gasteiger partial charge in [0.2, 0.25) is 0 Å². The van der Waals surface area contributed by atoms with Crippen LogP contribution in [0.4, 0.5) is 0 Å². The number of rotatable bonds is 4. The van der Waals surface area contributed by atoms with Crippen LogP contribution in [0, 0.1) is 0 Å². The van der Waals surface area contributed by atoms with E-state index in [0.29, 0.717) is 0 Å². The molecule has 0 aliphatic carbocycles. The minimum absolute atomic E-state index is 0. The largest absolute Gasteiger partial charge is 1.00 e. The van der Waals surface area contributed by atoms with Gasteiger partial charge in [0.25, 0.3) is 0 Å². The third-order valence-electron chi connectivity index (χ3n) is 5.21. The fourth-order valence-corrected chi connectivity index (χ4v) is 3.50. The molecule has 0 saturated heterocycles. The quantitative estimate of drug-likeness (QED) is 0.261. The van der Waals surface area contributed by atoms with Crippen LogP contribution in [0.3, 0.4) is 0 Å². The number of aromatic nitrogens is 6. The molecule has 0 radical (unpaired) electrons. The number of pyridine rings is 6. The summed E-state index contributed by atoms with van der Waals surface area (Å²) in [5, 5.41) is 0.